The zero-order valence-electron chi connectivity index (χ0n) is 13.4. The van der Waals surface area contributed by atoms with Crippen molar-refractivity contribution in [2.45, 2.75) is 13.8 Å². The number of anilines is 1. The zero-order valence-corrected chi connectivity index (χ0v) is 14.2. The number of H-pyrrole nitrogens is 1. The monoisotopic (exact) mass is 348 g/mol. The quantitative estimate of drug-likeness (QED) is 0.613. The number of hydrogen-bond donors (Lipinski definition) is 3. The third-order valence-corrected chi connectivity index (χ3v) is 3.83. The number of halogens is 1. The summed E-state index contributed by atoms with van der Waals surface area (Å²) in [4.78, 5) is 12.9. The second kappa shape index (κ2) is 7.18. The summed E-state index contributed by atoms with van der Waals surface area (Å²) >= 11 is 6.14. The fourth-order valence-corrected chi connectivity index (χ4v) is 2.85. The van der Waals surface area contributed by atoms with Gasteiger partial charge in [-0.2, -0.15) is 5.10 Å². The van der Waals surface area contributed by atoms with Crippen LogP contribution in [0.1, 0.15) is 11.3 Å². The van der Waals surface area contributed by atoms with Gasteiger partial charge in [-0.3, -0.25) is 9.89 Å². The van der Waals surface area contributed by atoms with Crippen LogP contribution in [0, 0.1) is 13.8 Å². The Morgan fingerprint density at radius 2 is 2.04 bits per heavy atom. The van der Waals surface area contributed by atoms with E-state index in [4.69, 9.17) is 32.0 Å². The summed E-state index contributed by atoms with van der Waals surface area (Å²) in [6.07, 6.45) is 0. The molecule has 0 radical (unpaired) electrons. The van der Waals surface area contributed by atoms with Crippen LogP contribution in [-0.4, -0.2) is 33.9 Å². The number of aromatic nitrogens is 3. The van der Waals surface area contributed by atoms with Crippen molar-refractivity contribution in [1.82, 2.24) is 15.2 Å². The molecule has 0 bridgehead atoms. The number of fused-ring (bicyclic) bond motifs is 1. The Morgan fingerprint density at radius 1 is 1.38 bits per heavy atom. The van der Waals surface area contributed by atoms with Crippen molar-refractivity contribution < 1.29 is 14.6 Å². The number of aryl methyl sites for hydroxylation is 2. The summed E-state index contributed by atoms with van der Waals surface area (Å²) in [6.45, 7) is 3.69. The molecule has 0 atom stereocenters. The number of hydrogen-bond acceptors (Lipinski definition) is 5. The third kappa shape index (κ3) is 3.11. The van der Waals surface area contributed by atoms with Crippen LogP contribution in [0.25, 0.3) is 22.2 Å². The molecule has 0 aliphatic heterocycles. The Labute approximate surface area is 143 Å². The highest BCUT2D eigenvalue weighted by atomic mass is 35.5. The van der Waals surface area contributed by atoms with E-state index in [-0.39, 0.29) is 6.47 Å². The molecular weight excluding hydrogens is 332 g/mol. The number of methoxy groups -OCH3 is 1. The van der Waals surface area contributed by atoms with Gasteiger partial charge in [0, 0.05) is 21.8 Å². The fourth-order valence-electron chi connectivity index (χ4n) is 2.68. The van der Waals surface area contributed by atoms with E-state index in [2.05, 4.69) is 15.2 Å². The number of nitrogens with two attached hydrogens (primary N) is 1. The predicted octanol–water partition coefficient (Wildman–Crippen LogP) is 3.19. The van der Waals surface area contributed by atoms with Crippen molar-refractivity contribution in [3.8, 4) is 16.9 Å². The number of rotatable bonds is 2. The van der Waals surface area contributed by atoms with E-state index >= 15 is 0 Å². The number of nitrogen functional groups attached to an aromatic ring is 1. The molecule has 2 heterocycles. The first-order chi connectivity index (χ1) is 11.4. The predicted molar refractivity (Wildman–Crippen MR) is 93.5 cm³/mol. The highest BCUT2D eigenvalue weighted by Gasteiger charge is 2.18. The second-order valence-electron chi connectivity index (χ2n) is 4.98. The highest BCUT2D eigenvalue weighted by molar-refractivity contribution is 6.31. The Bertz CT molecular complexity index is 893. The van der Waals surface area contributed by atoms with Crippen LogP contribution >= 0.6 is 11.6 Å². The molecule has 0 amide bonds. The van der Waals surface area contributed by atoms with Crippen molar-refractivity contribution >= 4 is 34.9 Å². The van der Waals surface area contributed by atoms with Gasteiger partial charge in [0.1, 0.15) is 11.6 Å². The van der Waals surface area contributed by atoms with Crippen LogP contribution in [0.2, 0.25) is 5.02 Å². The van der Waals surface area contributed by atoms with Crippen molar-refractivity contribution in [3.63, 3.8) is 0 Å². The largest absolute Gasteiger partial charge is 0.496 e. The summed E-state index contributed by atoms with van der Waals surface area (Å²) < 4.78 is 5.45. The first-order valence-electron chi connectivity index (χ1n) is 6.97. The normalized spacial score (nSPS) is 10.2. The zero-order chi connectivity index (χ0) is 17.9. The maximum absolute atomic E-state index is 8.36. The first-order valence-corrected chi connectivity index (χ1v) is 7.34. The van der Waals surface area contributed by atoms with Crippen molar-refractivity contribution in [2.24, 2.45) is 0 Å². The molecule has 0 fully saturated rings. The summed E-state index contributed by atoms with van der Waals surface area (Å²) in [5.41, 5.74) is 10.3. The maximum Gasteiger partial charge on any atom is 0.290 e. The molecule has 8 heteroatoms. The van der Waals surface area contributed by atoms with E-state index in [1.807, 2.05) is 26.0 Å². The summed E-state index contributed by atoms with van der Waals surface area (Å²) in [5, 5.41) is 15.3. The molecule has 0 saturated heterocycles. The number of nitrogens with zero attached hydrogens (tertiary/aromatic N) is 2. The van der Waals surface area contributed by atoms with Gasteiger partial charge in [0.25, 0.3) is 6.47 Å². The third-order valence-electron chi connectivity index (χ3n) is 3.59. The lowest BCUT2D eigenvalue weighted by molar-refractivity contribution is -0.122. The number of aromatic amines is 1. The van der Waals surface area contributed by atoms with Gasteiger partial charge in [-0.15, -0.1) is 0 Å². The van der Waals surface area contributed by atoms with E-state index in [9.17, 15) is 0 Å². The Balaban J connectivity index is 0.000000647. The molecule has 24 heavy (non-hydrogen) atoms. The van der Waals surface area contributed by atoms with Crippen LogP contribution in [0.4, 0.5) is 5.82 Å². The fraction of sp³-hybridized carbons (Fsp3) is 0.188. The smallest absolute Gasteiger partial charge is 0.290 e. The first kappa shape index (κ1) is 17.6. The van der Waals surface area contributed by atoms with E-state index in [0.717, 1.165) is 33.5 Å². The number of carbonyl (C=O) groups is 1. The lowest BCUT2D eigenvalue weighted by atomic mass is 9.96. The van der Waals surface area contributed by atoms with Gasteiger partial charge in [-0.25, -0.2) is 4.98 Å². The maximum atomic E-state index is 8.36. The molecule has 0 saturated carbocycles. The molecular formula is C16H17ClN4O3. The molecule has 0 unspecified atom stereocenters. The Morgan fingerprint density at radius 3 is 2.67 bits per heavy atom. The van der Waals surface area contributed by atoms with Crippen molar-refractivity contribution in [3.05, 3.63) is 34.5 Å². The Kier molecular flexibility index (Phi) is 5.25. The molecule has 126 valence electrons. The lowest BCUT2D eigenvalue weighted by Gasteiger charge is -2.14. The van der Waals surface area contributed by atoms with Gasteiger partial charge in [-0.1, -0.05) is 11.6 Å². The molecule has 7 nitrogen and oxygen atoms in total. The average molecular weight is 349 g/mol. The molecule has 0 aliphatic carbocycles. The van der Waals surface area contributed by atoms with E-state index in [1.165, 1.54) is 0 Å². The van der Waals surface area contributed by atoms with Crippen molar-refractivity contribution in [1.29, 1.82) is 0 Å². The molecule has 3 rings (SSSR count). The topological polar surface area (TPSA) is 114 Å². The van der Waals surface area contributed by atoms with Crippen LogP contribution < -0.4 is 10.5 Å². The van der Waals surface area contributed by atoms with Crippen LogP contribution in [0.15, 0.2) is 18.2 Å². The molecule has 4 N–H and O–H groups in total. The minimum atomic E-state index is -0.250. The number of benzene rings is 1. The summed E-state index contributed by atoms with van der Waals surface area (Å²) in [5.74, 6) is 1.26. The Hall–Kier alpha value is -2.80. The van der Waals surface area contributed by atoms with Gasteiger partial charge in [-0.05, 0) is 37.6 Å². The molecule has 1 aromatic carbocycles. The number of ether oxygens (including phenoxy) is 1. The van der Waals surface area contributed by atoms with E-state index < -0.39 is 0 Å². The van der Waals surface area contributed by atoms with Gasteiger partial charge in [0.2, 0.25) is 0 Å². The molecule has 0 aliphatic rings. The van der Waals surface area contributed by atoms with Gasteiger partial charge >= 0.3 is 0 Å². The van der Waals surface area contributed by atoms with Crippen LogP contribution in [-0.2, 0) is 4.79 Å². The van der Waals surface area contributed by atoms with Crippen LogP contribution in [0.5, 0.6) is 5.75 Å². The minimum absolute atomic E-state index is 0.250. The van der Waals surface area contributed by atoms with Gasteiger partial charge in [0.05, 0.1) is 12.5 Å². The molecule has 3 aromatic rings. The minimum Gasteiger partial charge on any atom is -0.496 e. The highest BCUT2D eigenvalue weighted by Crippen LogP contribution is 2.38. The molecule has 0 spiro atoms. The van der Waals surface area contributed by atoms with E-state index in [0.29, 0.717) is 16.5 Å². The SMILES string of the molecule is COc1ccc(Cl)cc1-c1c(C)nc2n[nH]c(N)c2c1C.O=CO. The lowest BCUT2D eigenvalue weighted by Crippen LogP contribution is -1.97. The summed E-state index contributed by atoms with van der Waals surface area (Å²) in [6, 6.07) is 5.52. The average Bonchev–Trinajstić information content (AvgIpc) is 2.89. The number of nitrogens with one attached hydrogen (secondary N) is 1. The molecule has 2 aromatic heterocycles. The van der Waals surface area contributed by atoms with Crippen LogP contribution in [0.3, 0.4) is 0 Å². The summed E-state index contributed by atoms with van der Waals surface area (Å²) in [7, 11) is 1.63. The standard InChI is InChI=1S/C15H15ClN4O.CH2O2/c1-7-12(10-6-9(16)4-5-11(10)21-3)8(2)18-15-13(7)14(17)19-20-15;2-1-3/h4-6H,1-3H3,(H3,17,18,19,20);1H,(H,2,3). The van der Waals surface area contributed by atoms with Crippen molar-refractivity contribution in [2.75, 3.05) is 12.8 Å². The second-order valence-corrected chi connectivity index (χ2v) is 5.42. The number of pyridine rings is 1. The van der Waals surface area contributed by atoms with Gasteiger partial charge in [0.15, 0.2) is 5.65 Å². The van der Waals surface area contributed by atoms with E-state index in [1.54, 1.807) is 13.2 Å². The number of carboxylic acid groups (broad SMARTS) is 1. The van der Waals surface area contributed by atoms with Gasteiger partial charge < -0.3 is 15.6 Å².